The van der Waals surface area contributed by atoms with Crippen molar-refractivity contribution in [3.05, 3.63) is 60.2 Å². The van der Waals surface area contributed by atoms with E-state index in [1.54, 1.807) is 18.9 Å². The smallest absolute Gasteiger partial charge is 0.242 e. The molecule has 0 bridgehead atoms. The van der Waals surface area contributed by atoms with Gasteiger partial charge in [-0.15, -0.1) is 0 Å². The van der Waals surface area contributed by atoms with Crippen LogP contribution in [-0.2, 0) is 16.1 Å². The fourth-order valence-electron chi connectivity index (χ4n) is 3.06. The molecule has 168 valence electrons. The molecule has 31 heavy (non-hydrogen) atoms. The van der Waals surface area contributed by atoms with Crippen molar-refractivity contribution in [1.82, 2.24) is 10.2 Å². The van der Waals surface area contributed by atoms with E-state index in [2.05, 4.69) is 5.32 Å². The molecule has 2 atom stereocenters. The van der Waals surface area contributed by atoms with Crippen LogP contribution in [0.3, 0.4) is 0 Å². The number of methoxy groups -OCH3 is 1. The van der Waals surface area contributed by atoms with E-state index in [1.165, 1.54) is 0 Å². The third-order valence-corrected chi connectivity index (χ3v) is 5.23. The summed E-state index contributed by atoms with van der Waals surface area (Å²) in [6.45, 7) is 6.58. The van der Waals surface area contributed by atoms with E-state index >= 15 is 0 Å². The van der Waals surface area contributed by atoms with Crippen LogP contribution in [0.5, 0.6) is 11.5 Å². The Kier molecular flexibility index (Phi) is 9.88. The highest BCUT2D eigenvalue weighted by atomic mass is 16.5. The van der Waals surface area contributed by atoms with Crippen LogP contribution in [0.25, 0.3) is 0 Å². The maximum atomic E-state index is 13.0. The maximum absolute atomic E-state index is 13.0. The lowest BCUT2D eigenvalue weighted by molar-refractivity contribution is -0.141. The third kappa shape index (κ3) is 7.96. The number of amides is 2. The Bertz CT molecular complexity index is 808. The first-order valence-electron chi connectivity index (χ1n) is 10.8. The number of nitrogens with zero attached hydrogens (tertiary/aromatic N) is 1. The predicted molar refractivity (Wildman–Crippen MR) is 122 cm³/mol. The number of hydrogen-bond acceptors (Lipinski definition) is 4. The summed E-state index contributed by atoms with van der Waals surface area (Å²) in [5, 5.41) is 2.98. The molecule has 0 unspecified atom stereocenters. The molecule has 2 aromatic rings. The van der Waals surface area contributed by atoms with Crippen molar-refractivity contribution in [2.75, 3.05) is 13.7 Å². The topological polar surface area (TPSA) is 67.9 Å². The summed E-state index contributed by atoms with van der Waals surface area (Å²) in [5.74, 6) is 1.31. The van der Waals surface area contributed by atoms with Gasteiger partial charge in [0.25, 0.3) is 0 Å². The average molecular weight is 427 g/mol. The number of benzene rings is 2. The third-order valence-electron chi connectivity index (χ3n) is 5.23. The highest BCUT2D eigenvalue weighted by molar-refractivity contribution is 5.87. The number of nitrogens with one attached hydrogen (secondary N) is 1. The Labute approximate surface area is 185 Å². The molecule has 0 heterocycles. The summed E-state index contributed by atoms with van der Waals surface area (Å²) in [6, 6.07) is 16.6. The molecule has 2 rings (SSSR count). The normalized spacial score (nSPS) is 12.5. The minimum absolute atomic E-state index is 0.0611. The fraction of sp³-hybridized carbons (Fsp3) is 0.440. The van der Waals surface area contributed by atoms with Gasteiger partial charge in [0.2, 0.25) is 11.8 Å². The summed E-state index contributed by atoms with van der Waals surface area (Å²) < 4.78 is 10.9. The number of carbonyl (C=O) groups excluding carboxylic acids is 2. The van der Waals surface area contributed by atoms with Crippen molar-refractivity contribution in [2.24, 2.45) is 0 Å². The first kappa shape index (κ1) is 24.3. The molecule has 0 saturated carbocycles. The molecule has 1 N–H and O–H groups in total. The molecule has 0 aliphatic carbocycles. The summed E-state index contributed by atoms with van der Waals surface area (Å²) in [5.41, 5.74) is 0.994. The van der Waals surface area contributed by atoms with E-state index in [0.717, 1.165) is 23.5 Å². The second-order valence-corrected chi connectivity index (χ2v) is 7.63. The van der Waals surface area contributed by atoms with Gasteiger partial charge in [-0.3, -0.25) is 9.59 Å². The SMILES string of the molecule is CC[C@@H](C)NC(=O)[C@H](C)N(Cc1ccccc1)C(=O)CCCOc1ccc(OC)cc1. The largest absolute Gasteiger partial charge is 0.497 e. The molecule has 0 fully saturated rings. The Hall–Kier alpha value is -3.02. The molecule has 0 aliphatic heterocycles. The van der Waals surface area contributed by atoms with Crippen molar-refractivity contribution in [2.45, 2.75) is 58.7 Å². The van der Waals surface area contributed by atoms with Crippen molar-refractivity contribution >= 4 is 11.8 Å². The first-order valence-corrected chi connectivity index (χ1v) is 10.8. The Morgan fingerprint density at radius 2 is 1.65 bits per heavy atom. The standard InChI is InChI=1S/C25H34N2O4/c1-5-19(2)26-25(29)20(3)27(18-21-10-7-6-8-11-21)24(28)12-9-17-31-23-15-13-22(30-4)14-16-23/h6-8,10-11,13-16,19-20H,5,9,12,17-18H2,1-4H3,(H,26,29)/t19-,20+/m1/s1. The number of rotatable bonds is 12. The van der Waals surface area contributed by atoms with Gasteiger partial charge in [0.1, 0.15) is 17.5 Å². The van der Waals surface area contributed by atoms with Gasteiger partial charge in [0.05, 0.1) is 13.7 Å². The van der Waals surface area contributed by atoms with Crippen LogP contribution in [0.15, 0.2) is 54.6 Å². The maximum Gasteiger partial charge on any atom is 0.242 e. The second kappa shape index (κ2) is 12.6. The van der Waals surface area contributed by atoms with Gasteiger partial charge >= 0.3 is 0 Å². The quantitative estimate of drug-likeness (QED) is 0.517. The average Bonchev–Trinajstić information content (AvgIpc) is 2.80. The van der Waals surface area contributed by atoms with Gasteiger partial charge in [0, 0.05) is 19.0 Å². The minimum Gasteiger partial charge on any atom is -0.497 e. The van der Waals surface area contributed by atoms with Gasteiger partial charge in [-0.05, 0) is 56.5 Å². The summed E-state index contributed by atoms with van der Waals surface area (Å²) in [4.78, 5) is 27.3. The minimum atomic E-state index is -0.552. The van der Waals surface area contributed by atoms with Crippen LogP contribution in [0.2, 0.25) is 0 Å². The van der Waals surface area contributed by atoms with Crippen LogP contribution in [0.1, 0.15) is 45.6 Å². The highest BCUT2D eigenvalue weighted by Crippen LogP contribution is 2.18. The van der Waals surface area contributed by atoms with E-state index in [0.29, 0.717) is 26.0 Å². The molecule has 0 spiro atoms. The zero-order valence-electron chi connectivity index (χ0n) is 19.0. The van der Waals surface area contributed by atoms with Crippen LogP contribution < -0.4 is 14.8 Å². The molecular formula is C25H34N2O4. The van der Waals surface area contributed by atoms with Gasteiger partial charge in [-0.2, -0.15) is 0 Å². The molecule has 0 saturated heterocycles. The molecule has 2 aromatic carbocycles. The lowest BCUT2D eigenvalue weighted by Gasteiger charge is -2.29. The van der Waals surface area contributed by atoms with Crippen molar-refractivity contribution in [3.8, 4) is 11.5 Å². The van der Waals surface area contributed by atoms with Gasteiger partial charge in [-0.25, -0.2) is 0 Å². The first-order chi connectivity index (χ1) is 14.9. The van der Waals surface area contributed by atoms with Crippen molar-refractivity contribution < 1.29 is 19.1 Å². The van der Waals surface area contributed by atoms with Crippen LogP contribution >= 0.6 is 0 Å². The lowest BCUT2D eigenvalue weighted by Crippen LogP contribution is -2.49. The van der Waals surface area contributed by atoms with Gasteiger partial charge < -0.3 is 19.7 Å². The molecule has 0 radical (unpaired) electrons. The highest BCUT2D eigenvalue weighted by Gasteiger charge is 2.26. The number of ether oxygens (including phenoxy) is 2. The monoisotopic (exact) mass is 426 g/mol. The Morgan fingerprint density at radius 3 is 2.26 bits per heavy atom. The Balaban J connectivity index is 1.95. The molecule has 2 amide bonds. The van der Waals surface area contributed by atoms with Crippen molar-refractivity contribution in [1.29, 1.82) is 0 Å². The van der Waals surface area contributed by atoms with Crippen molar-refractivity contribution in [3.63, 3.8) is 0 Å². The predicted octanol–water partition coefficient (Wildman–Crippen LogP) is 4.19. The van der Waals surface area contributed by atoms with E-state index in [-0.39, 0.29) is 17.9 Å². The summed E-state index contributed by atoms with van der Waals surface area (Å²) in [6.07, 6.45) is 1.72. The van der Waals surface area contributed by atoms with Gasteiger partial charge in [0.15, 0.2) is 0 Å². The lowest BCUT2D eigenvalue weighted by atomic mass is 10.1. The number of carbonyl (C=O) groups is 2. The summed E-state index contributed by atoms with van der Waals surface area (Å²) >= 11 is 0. The molecule has 6 nitrogen and oxygen atoms in total. The zero-order chi connectivity index (χ0) is 22.6. The van der Waals surface area contributed by atoms with Crippen LogP contribution in [-0.4, -0.2) is 42.5 Å². The zero-order valence-corrected chi connectivity index (χ0v) is 19.0. The van der Waals surface area contributed by atoms with E-state index in [4.69, 9.17) is 9.47 Å². The molecular weight excluding hydrogens is 392 g/mol. The fourth-order valence-corrected chi connectivity index (χ4v) is 3.06. The molecule has 6 heteroatoms. The van der Waals surface area contributed by atoms with E-state index < -0.39 is 6.04 Å². The van der Waals surface area contributed by atoms with Gasteiger partial charge in [-0.1, -0.05) is 37.3 Å². The summed E-state index contributed by atoms with van der Waals surface area (Å²) in [7, 11) is 1.62. The van der Waals surface area contributed by atoms with E-state index in [1.807, 2.05) is 68.4 Å². The molecule has 0 aromatic heterocycles. The number of hydrogen-bond donors (Lipinski definition) is 1. The van der Waals surface area contributed by atoms with Crippen LogP contribution in [0, 0.1) is 0 Å². The molecule has 0 aliphatic rings. The van der Waals surface area contributed by atoms with E-state index in [9.17, 15) is 9.59 Å². The Morgan fingerprint density at radius 1 is 1.00 bits per heavy atom. The van der Waals surface area contributed by atoms with Crippen LogP contribution in [0.4, 0.5) is 0 Å². The second-order valence-electron chi connectivity index (χ2n) is 7.63.